The molecular formula is C12H12BrF2N3O2. The Hall–Kier alpha value is -1.38. The van der Waals surface area contributed by atoms with Crippen molar-refractivity contribution in [1.29, 1.82) is 0 Å². The van der Waals surface area contributed by atoms with Crippen LogP contribution in [0.5, 0.6) is 0 Å². The molecule has 0 aliphatic carbocycles. The van der Waals surface area contributed by atoms with Gasteiger partial charge in [-0.15, -0.1) is 0 Å². The molecule has 2 aromatic rings. The van der Waals surface area contributed by atoms with Crippen molar-refractivity contribution in [2.45, 2.75) is 12.5 Å². The predicted octanol–water partition coefficient (Wildman–Crippen LogP) is 2.81. The number of hydrogen-bond acceptors (Lipinski definition) is 5. The van der Waals surface area contributed by atoms with Crippen LogP contribution in [-0.2, 0) is 4.74 Å². The molecule has 0 spiro atoms. The minimum Gasteiger partial charge on any atom is -0.385 e. The van der Waals surface area contributed by atoms with Gasteiger partial charge in [0.15, 0.2) is 11.6 Å². The molecule has 0 fully saturated rings. The zero-order valence-electron chi connectivity index (χ0n) is 10.6. The molecule has 0 amide bonds. The van der Waals surface area contributed by atoms with E-state index in [4.69, 9.17) is 15.0 Å². The van der Waals surface area contributed by atoms with Gasteiger partial charge in [-0.05, 0) is 34.5 Å². The van der Waals surface area contributed by atoms with Gasteiger partial charge in [-0.3, -0.25) is 0 Å². The third-order valence-electron chi connectivity index (χ3n) is 2.67. The molecule has 1 atom stereocenters. The molecule has 0 saturated carbocycles. The van der Waals surface area contributed by atoms with E-state index < -0.39 is 17.7 Å². The molecule has 0 radical (unpaired) electrons. The number of nitrogens with zero attached hydrogens (tertiary/aromatic N) is 2. The summed E-state index contributed by atoms with van der Waals surface area (Å²) in [5.74, 6) is -1.61. The van der Waals surface area contributed by atoms with Crippen LogP contribution < -0.4 is 5.73 Å². The smallest absolute Gasteiger partial charge is 0.243 e. The fourth-order valence-corrected chi connectivity index (χ4v) is 2.06. The fraction of sp³-hybridized carbons (Fsp3) is 0.333. The molecule has 20 heavy (non-hydrogen) atoms. The van der Waals surface area contributed by atoms with Gasteiger partial charge in [-0.1, -0.05) is 5.16 Å². The van der Waals surface area contributed by atoms with Crippen LogP contribution in [0.1, 0.15) is 18.4 Å². The molecule has 0 bridgehead atoms. The normalized spacial score (nSPS) is 12.7. The van der Waals surface area contributed by atoms with Crippen LogP contribution in [0.2, 0.25) is 0 Å². The lowest BCUT2D eigenvalue weighted by Crippen LogP contribution is -2.13. The molecule has 0 aliphatic heterocycles. The number of halogens is 3. The van der Waals surface area contributed by atoms with Crippen molar-refractivity contribution in [3.05, 3.63) is 34.1 Å². The van der Waals surface area contributed by atoms with Crippen molar-refractivity contribution in [3.8, 4) is 11.4 Å². The predicted molar refractivity (Wildman–Crippen MR) is 70.8 cm³/mol. The number of benzene rings is 1. The van der Waals surface area contributed by atoms with E-state index in [1.165, 1.54) is 6.07 Å². The molecule has 1 aromatic carbocycles. The Morgan fingerprint density at radius 2 is 2.20 bits per heavy atom. The van der Waals surface area contributed by atoms with Gasteiger partial charge in [0.05, 0.1) is 10.5 Å². The zero-order valence-corrected chi connectivity index (χ0v) is 12.2. The van der Waals surface area contributed by atoms with Crippen LogP contribution in [0.25, 0.3) is 11.4 Å². The first-order valence-corrected chi connectivity index (χ1v) is 6.56. The zero-order chi connectivity index (χ0) is 14.7. The molecule has 8 heteroatoms. The maximum absolute atomic E-state index is 13.5. The van der Waals surface area contributed by atoms with Crippen molar-refractivity contribution in [1.82, 2.24) is 10.1 Å². The summed E-state index contributed by atoms with van der Waals surface area (Å²) in [5.41, 5.74) is 6.13. The van der Waals surface area contributed by atoms with E-state index in [1.807, 2.05) is 0 Å². The van der Waals surface area contributed by atoms with Gasteiger partial charge in [0.1, 0.15) is 0 Å². The number of nitrogens with two attached hydrogens (primary N) is 1. The second kappa shape index (κ2) is 6.38. The maximum atomic E-state index is 13.5. The first-order valence-electron chi connectivity index (χ1n) is 5.76. The molecule has 1 unspecified atom stereocenters. The van der Waals surface area contributed by atoms with Gasteiger partial charge in [0.25, 0.3) is 0 Å². The van der Waals surface area contributed by atoms with Crippen molar-refractivity contribution < 1.29 is 18.0 Å². The fourth-order valence-electron chi connectivity index (χ4n) is 1.56. The third kappa shape index (κ3) is 3.02. The summed E-state index contributed by atoms with van der Waals surface area (Å²) in [6.45, 7) is 0.452. The molecule has 2 rings (SSSR count). The Kier molecular flexibility index (Phi) is 4.79. The van der Waals surface area contributed by atoms with Gasteiger partial charge >= 0.3 is 0 Å². The van der Waals surface area contributed by atoms with Gasteiger partial charge in [-0.2, -0.15) is 4.98 Å². The van der Waals surface area contributed by atoms with Crippen LogP contribution in [0, 0.1) is 11.6 Å². The summed E-state index contributed by atoms with van der Waals surface area (Å²) >= 11 is 2.97. The second-order valence-corrected chi connectivity index (χ2v) is 4.86. The quantitative estimate of drug-likeness (QED) is 0.841. The van der Waals surface area contributed by atoms with Gasteiger partial charge in [-0.25, -0.2) is 8.78 Å². The highest BCUT2D eigenvalue weighted by Crippen LogP contribution is 2.30. The summed E-state index contributed by atoms with van der Waals surface area (Å²) in [6.07, 6.45) is 0.511. The monoisotopic (exact) mass is 347 g/mol. The lowest BCUT2D eigenvalue weighted by molar-refractivity contribution is 0.182. The maximum Gasteiger partial charge on any atom is 0.243 e. The Morgan fingerprint density at radius 1 is 1.45 bits per heavy atom. The molecule has 0 aliphatic rings. The summed E-state index contributed by atoms with van der Waals surface area (Å²) in [4.78, 5) is 4.09. The molecule has 5 nitrogen and oxygen atoms in total. The van der Waals surface area contributed by atoms with Crippen LogP contribution >= 0.6 is 15.9 Å². The Morgan fingerprint density at radius 3 is 2.90 bits per heavy atom. The number of aromatic nitrogens is 2. The van der Waals surface area contributed by atoms with E-state index in [1.54, 1.807) is 7.11 Å². The van der Waals surface area contributed by atoms with E-state index in [9.17, 15) is 8.78 Å². The van der Waals surface area contributed by atoms with E-state index in [2.05, 4.69) is 26.1 Å². The molecule has 108 valence electrons. The highest BCUT2D eigenvalue weighted by molar-refractivity contribution is 9.10. The van der Waals surface area contributed by atoms with Crippen LogP contribution in [0.4, 0.5) is 8.78 Å². The number of rotatable bonds is 5. The average Bonchev–Trinajstić information content (AvgIpc) is 2.92. The SMILES string of the molecule is COCCC(N)c1nc(-c2ccc(F)c(F)c2Br)no1. The summed E-state index contributed by atoms with van der Waals surface area (Å²) in [6, 6.07) is 1.88. The topological polar surface area (TPSA) is 74.2 Å². The molecule has 1 heterocycles. The summed E-state index contributed by atoms with van der Waals surface area (Å²) < 4.78 is 36.4. The Labute approximate surface area is 122 Å². The molecule has 1 aromatic heterocycles. The van der Waals surface area contributed by atoms with Crippen molar-refractivity contribution in [3.63, 3.8) is 0 Å². The standard InChI is InChI=1S/C12H12BrF2N3O2/c1-19-5-4-8(16)12-17-11(18-20-12)6-2-3-7(14)10(15)9(6)13/h2-3,8H,4-5,16H2,1H3. The Balaban J connectivity index is 2.27. The van der Waals surface area contributed by atoms with Crippen molar-refractivity contribution in [2.75, 3.05) is 13.7 Å². The van der Waals surface area contributed by atoms with Gasteiger partial charge in [0.2, 0.25) is 11.7 Å². The molecular weight excluding hydrogens is 336 g/mol. The van der Waals surface area contributed by atoms with E-state index in [-0.39, 0.29) is 21.8 Å². The lowest BCUT2D eigenvalue weighted by atomic mass is 10.2. The number of methoxy groups -OCH3 is 1. The van der Waals surface area contributed by atoms with Crippen LogP contribution in [-0.4, -0.2) is 23.9 Å². The largest absolute Gasteiger partial charge is 0.385 e. The number of hydrogen-bond donors (Lipinski definition) is 1. The van der Waals surface area contributed by atoms with Crippen LogP contribution in [0.15, 0.2) is 21.1 Å². The number of ether oxygens (including phenoxy) is 1. The van der Waals surface area contributed by atoms with Crippen molar-refractivity contribution >= 4 is 15.9 Å². The van der Waals surface area contributed by atoms with E-state index in [0.717, 1.165) is 6.07 Å². The lowest BCUT2D eigenvalue weighted by Gasteiger charge is -2.04. The van der Waals surface area contributed by atoms with Crippen LogP contribution in [0.3, 0.4) is 0 Å². The van der Waals surface area contributed by atoms with Gasteiger partial charge < -0.3 is 15.0 Å². The molecule has 0 saturated heterocycles. The highest BCUT2D eigenvalue weighted by Gasteiger charge is 2.19. The van der Waals surface area contributed by atoms with E-state index >= 15 is 0 Å². The third-order valence-corrected chi connectivity index (χ3v) is 3.44. The van der Waals surface area contributed by atoms with E-state index in [0.29, 0.717) is 13.0 Å². The first kappa shape index (κ1) is 15.0. The summed E-state index contributed by atoms with van der Waals surface area (Å²) in [5, 5.41) is 3.72. The second-order valence-electron chi connectivity index (χ2n) is 4.07. The molecule has 2 N–H and O–H groups in total. The average molecular weight is 348 g/mol. The minimum atomic E-state index is -1.00. The van der Waals surface area contributed by atoms with Crippen molar-refractivity contribution in [2.24, 2.45) is 5.73 Å². The summed E-state index contributed by atoms with van der Waals surface area (Å²) in [7, 11) is 1.56. The first-order chi connectivity index (χ1) is 9.54. The van der Waals surface area contributed by atoms with Gasteiger partial charge in [0, 0.05) is 19.3 Å². The highest BCUT2D eigenvalue weighted by atomic mass is 79.9. The Bertz CT molecular complexity index is 606. The minimum absolute atomic E-state index is 0.0599.